The summed E-state index contributed by atoms with van der Waals surface area (Å²) in [5.74, 6) is 7.56. The first-order chi connectivity index (χ1) is 10.2. The maximum absolute atomic E-state index is 5.63. The highest BCUT2D eigenvalue weighted by Gasteiger charge is 2.25. The average molecular weight is 282 g/mol. The number of nitrogens with zero attached hydrogens (tertiary/aromatic N) is 2. The molecule has 4 nitrogen and oxygen atoms in total. The molecule has 0 amide bonds. The first kappa shape index (κ1) is 14.0. The summed E-state index contributed by atoms with van der Waals surface area (Å²) in [6.07, 6.45) is 4.34. The van der Waals surface area contributed by atoms with Crippen molar-refractivity contribution < 1.29 is 0 Å². The lowest BCUT2D eigenvalue weighted by Gasteiger charge is -2.25. The molecule has 0 saturated carbocycles. The number of anilines is 1. The Morgan fingerprint density at radius 3 is 2.86 bits per heavy atom. The Hall–Kier alpha value is -1.94. The fraction of sp³-hybridized carbons (Fsp3) is 0.412. The van der Waals surface area contributed by atoms with E-state index in [1.807, 2.05) is 6.92 Å². The Balaban J connectivity index is 2.09. The summed E-state index contributed by atoms with van der Waals surface area (Å²) in [6.45, 7) is 4.14. The van der Waals surface area contributed by atoms with Crippen molar-refractivity contribution in [3.8, 4) is 0 Å². The summed E-state index contributed by atoms with van der Waals surface area (Å²) in [5, 5.41) is 0. The van der Waals surface area contributed by atoms with E-state index in [9.17, 15) is 0 Å². The number of nitrogens with one attached hydrogen (secondary N) is 1. The van der Waals surface area contributed by atoms with Crippen LogP contribution in [0.25, 0.3) is 0 Å². The molecule has 0 radical (unpaired) electrons. The van der Waals surface area contributed by atoms with Crippen molar-refractivity contribution in [1.82, 2.24) is 9.97 Å². The zero-order valence-electron chi connectivity index (χ0n) is 12.7. The molecule has 1 unspecified atom stereocenters. The molecule has 3 rings (SSSR count). The van der Waals surface area contributed by atoms with E-state index in [1.54, 1.807) is 0 Å². The second kappa shape index (κ2) is 5.82. The van der Waals surface area contributed by atoms with E-state index in [2.05, 4.69) is 41.6 Å². The first-order valence-corrected chi connectivity index (χ1v) is 7.66. The third kappa shape index (κ3) is 2.51. The number of hydrazine groups is 1. The van der Waals surface area contributed by atoms with Gasteiger partial charge in [-0.3, -0.25) is 0 Å². The van der Waals surface area contributed by atoms with E-state index in [-0.39, 0.29) is 5.92 Å². The Bertz CT molecular complexity index is 626. The van der Waals surface area contributed by atoms with Crippen LogP contribution in [0.2, 0.25) is 0 Å². The summed E-state index contributed by atoms with van der Waals surface area (Å²) in [7, 11) is 0. The number of nitrogen functional groups attached to an aromatic ring is 1. The van der Waals surface area contributed by atoms with Crippen LogP contribution in [0, 0.1) is 6.92 Å². The average Bonchev–Trinajstić information content (AvgIpc) is 2.54. The molecule has 0 fully saturated rings. The molecule has 3 N–H and O–H groups in total. The summed E-state index contributed by atoms with van der Waals surface area (Å²) < 4.78 is 0. The fourth-order valence-electron chi connectivity index (χ4n) is 3.24. The van der Waals surface area contributed by atoms with Crippen LogP contribution in [0.5, 0.6) is 0 Å². The molecular formula is C17H22N4. The number of benzene rings is 1. The first-order valence-electron chi connectivity index (χ1n) is 7.66. The third-order valence-corrected chi connectivity index (χ3v) is 4.42. The molecule has 0 bridgehead atoms. The largest absolute Gasteiger partial charge is 0.308 e. The van der Waals surface area contributed by atoms with Crippen LogP contribution >= 0.6 is 0 Å². The Kier molecular flexibility index (Phi) is 3.88. The molecule has 0 spiro atoms. The topological polar surface area (TPSA) is 63.8 Å². The van der Waals surface area contributed by atoms with E-state index < -0.39 is 0 Å². The van der Waals surface area contributed by atoms with Crippen LogP contribution in [0.15, 0.2) is 24.3 Å². The molecule has 1 aromatic heterocycles. The number of aryl methyl sites for hydroxylation is 2. The van der Waals surface area contributed by atoms with Crippen LogP contribution in [0.1, 0.15) is 53.9 Å². The molecule has 0 aliphatic heterocycles. The summed E-state index contributed by atoms with van der Waals surface area (Å²) in [5.41, 5.74) is 7.65. The molecule has 1 aliphatic rings. The van der Waals surface area contributed by atoms with Crippen LogP contribution in [0.3, 0.4) is 0 Å². The lowest BCUT2D eigenvalue weighted by Crippen LogP contribution is -2.18. The van der Waals surface area contributed by atoms with Crippen molar-refractivity contribution in [2.45, 2.75) is 45.4 Å². The van der Waals surface area contributed by atoms with Crippen molar-refractivity contribution in [3.63, 3.8) is 0 Å². The van der Waals surface area contributed by atoms with Gasteiger partial charge in [-0.2, -0.15) is 0 Å². The molecule has 110 valence electrons. The number of rotatable bonds is 3. The third-order valence-electron chi connectivity index (χ3n) is 4.42. The molecule has 21 heavy (non-hydrogen) atoms. The van der Waals surface area contributed by atoms with Gasteiger partial charge in [0.15, 0.2) is 0 Å². The minimum atomic E-state index is 0.285. The zero-order chi connectivity index (χ0) is 14.8. The number of nitrogens with two attached hydrogens (primary N) is 1. The number of fused-ring (bicyclic) bond motifs is 1. The van der Waals surface area contributed by atoms with Crippen LogP contribution in [0.4, 0.5) is 5.82 Å². The number of aromatic nitrogens is 2. The fourth-order valence-corrected chi connectivity index (χ4v) is 3.24. The van der Waals surface area contributed by atoms with Gasteiger partial charge in [0, 0.05) is 17.2 Å². The molecular weight excluding hydrogens is 260 g/mol. The predicted molar refractivity (Wildman–Crippen MR) is 85.2 cm³/mol. The van der Waals surface area contributed by atoms with Crippen molar-refractivity contribution in [2.24, 2.45) is 5.84 Å². The quantitative estimate of drug-likeness (QED) is 0.670. The number of hydrogen-bond donors (Lipinski definition) is 2. The maximum atomic E-state index is 5.63. The van der Waals surface area contributed by atoms with Gasteiger partial charge in [-0.25, -0.2) is 15.8 Å². The van der Waals surface area contributed by atoms with Gasteiger partial charge in [0.05, 0.1) is 0 Å². The summed E-state index contributed by atoms with van der Waals surface area (Å²) in [6, 6.07) is 8.65. The maximum Gasteiger partial charge on any atom is 0.146 e. The van der Waals surface area contributed by atoms with Gasteiger partial charge in [0.25, 0.3) is 0 Å². The molecule has 1 aliphatic carbocycles. The normalized spacial score (nSPS) is 17.4. The van der Waals surface area contributed by atoms with E-state index >= 15 is 0 Å². The minimum Gasteiger partial charge on any atom is -0.308 e. The van der Waals surface area contributed by atoms with Crippen LogP contribution in [-0.4, -0.2) is 9.97 Å². The minimum absolute atomic E-state index is 0.285. The number of hydrogen-bond acceptors (Lipinski definition) is 4. The Morgan fingerprint density at radius 2 is 2.10 bits per heavy atom. The Labute approximate surface area is 125 Å². The lowest BCUT2D eigenvalue weighted by atomic mass is 9.82. The zero-order valence-corrected chi connectivity index (χ0v) is 12.7. The summed E-state index contributed by atoms with van der Waals surface area (Å²) in [4.78, 5) is 9.49. The van der Waals surface area contributed by atoms with Crippen LogP contribution in [-0.2, 0) is 12.8 Å². The van der Waals surface area contributed by atoms with Gasteiger partial charge in [-0.1, -0.05) is 31.2 Å². The molecule has 1 atom stereocenters. The molecule has 1 heterocycles. The van der Waals surface area contributed by atoms with Gasteiger partial charge < -0.3 is 5.43 Å². The van der Waals surface area contributed by atoms with E-state index in [1.165, 1.54) is 17.5 Å². The Morgan fingerprint density at radius 1 is 1.29 bits per heavy atom. The van der Waals surface area contributed by atoms with Gasteiger partial charge in [-0.05, 0) is 43.7 Å². The SMILES string of the molecule is CCc1nc(C2CCCc3ccccc32)nc(NN)c1C. The second-order valence-electron chi connectivity index (χ2n) is 5.64. The molecule has 4 heteroatoms. The van der Waals surface area contributed by atoms with Gasteiger partial charge in [0.2, 0.25) is 0 Å². The van der Waals surface area contributed by atoms with Crippen molar-refractivity contribution in [1.29, 1.82) is 0 Å². The standard InChI is InChI=1S/C17H22N4/c1-3-15-11(2)16(21-18)20-17(19-15)14-10-6-8-12-7-4-5-9-13(12)14/h4-5,7,9,14H,3,6,8,10,18H2,1-2H3,(H,19,20,21). The second-order valence-corrected chi connectivity index (χ2v) is 5.64. The highest BCUT2D eigenvalue weighted by Crippen LogP contribution is 2.35. The van der Waals surface area contributed by atoms with Gasteiger partial charge in [-0.15, -0.1) is 0 Å². The smallest absolute Gasteiger partial charge is 0.146 e. The highest BCUT2D eigenvalue weighted by molar-refractivity contribution is 5.46. The van der Waals surface area contributed by atoms with Crippen molar-refractivity contribution >= 4 is 5.82 Å². The monoisotopic (exact) mass is 282 g/mol. The van der Waals surface area contributed by atoms with Crippen molar-refractivity contribution in [2.75, 3.05) is 5.43 Å². The lowest BCUT2D eigenvalue weighted by molar-refractivity contribution is 0.587. The molecule has 1 aromatic carbocycles. The van der Waals surface area contributed by atoms with E-state index in [4.69, 9.17) is 10.8 Å². The van der Waals surface area contributed by atoms with Crippen LogP contribution < -0.4 is 11.3 Å². The van der Waals surface area contributed by atoms with E-state index in [0.29, 0.717) is 0 Å². The van der Waals surface area contributed by atoms with Crippen molar-refractivity contribution in [3.05, 3.63) is 52.5 Å². The molecule has 2 aromatic rings. The highest BCUT2D eigenvalue weighted by atomic mass is 15.3. The van der Waals surface area contributed by atoms with Gasteiger partial charge in [0.1, 0.15) is 11.6 Å². The predicted octanol–water partition coefficient (Wildman–Crippen LogP) is 3.10. The van der Waals surface area contributed by atoms with E-state index in [0.717, 1.165) is 42.2 Å². The molecule has 0 saturated heterocycles. The van der Waals surface area contributed by atoms with Gasteiger partial charge >= 0.3 is 0 Å². The summed E-state index contributed by atoms with van der Waals surface area (Å²) >= 11 is 0.